The van der Waals surface area contributed by atoms with E-state index in [0.717, 1.165) is 5.69 Å². The SMILES string of the molecule is CC(=O)Nc1cc(C(C)(C)C)nn1CC(=O)O. The maximum Gasteiger partial charge on any atom is 0.325 e. The van der Waals surface area contributed by atoms with Crippen molar-refractivity contribution in [2.75, 3.05) is 5.32 Å². The van der Waals surface area contributed by atoms with Gasteiger partial charge in [0.15, 0.2) is 0 Å². The van der Waals surface area contributed by atoms with Crippen LogP contribution in [-0.2, 0) is 21.5 Å². The van der Waals surface area contributed by atoms with Gasteiger partial charge in [-0.3, -0.25) is 9.59 Å². The molecule has 6 heteroatoms. The standard InChI is InChI=1S/C11H17N3O3/c1-7(15)12-9-5-8(11(2,3)4)13-14(9)6-10(16)17/h5H,6H2,1-4H3,(H,12,15)(H,16,17). The fraction of sp³-hybridized carbons (Fsp3) is 0.545. The second-order valence-electron chi connectivity index (χ2n) is 4.90. The molecule has 0 saturated heterocycles. The number of carboxylic acid groups (broad SMARTS) is 1. The van der Waals surface area contributed by atoms with Gasteiger partial charge in [-0.2, -0.15) is 5.10 Å². The fourth-order valence-corrected chi connectivity index (χ4v) is 1.31. The Labute approximate surface area is 99.6 Å². The zero-order valence-electron chi connectivity index (χ0n) is 10.4. The zero-order chi connectivity index (χ0) is 13.2. The van der Waals surface area contributed by atoms with Crippen LogP contribution >= 0.6 is 0 Å². The van der Waals surface area contributed by atoms with Gasteiger partial charge in [-0.05, 0) is 0 Å². The third kappa shape index (κ3) is 3.58. The maximum absolute atomic E-state index is 11.0. The van der Waals surface area contributed by atoms with E-state index in [9.17, 15) is 9.59 Å². The Hall–Kier alpha value is -1.85. The average Bonchev–Trinajstić information content (AvgIpc) is 2.45. The van der Waals surface area contributed by atoms with E-state index in [1.807, 2.05) is 20.8 Å². The first kappa shape index (κ1) is 13.2. The lowest BCUT2D eigenvalue weighted by molar-refractivity contribution is -0.137. The molecular weight excluding hydrogens is 222 g/mol. The molecule has 0 atom stereocenters. The van der Waals surface area contributed by atoms with Crippen molar-refractivity contribution in [1.29, 1.82) is 0 Å². The molecule has 1 rings (SSSR count). The fourth-order valence-electron chi connectivity index (χ4n) is 1.31. The molecule has 1 heterocycles. The van der Waals surface area contributed by atoms with Gasteiger partial charge in [0.1, 0.15) is 12.4 Å². The third-order valence-electron chi connectivity index (χ3n) is 2.14. The predicted molar refractivity (Wildman–Crippen MR) is 62.9 cm³/mol. The summed E-state index contributed by atoms with van der Waals surface area (Å²) in [6.07, 6.45) is 0. The molecule has 0 unspecified atom stereocenters. The summed E-state index contributed by atoms with van der Waals surface area (Å²) in [5.41, 5.74) is 0.541. The van der Waals surface area contributed by atoms with Gasteiger partial charge in [-0.15, -0.1) is 0 Å². The average molecular weight is 239 g/mol. The number of nitrogens with one attached hydrogen (secondary N) is 1. The smallest absolute Gasteiger partial charge is 0.325 e. The summed E-state index contributed by atoms with van der Waals surface area (Å²) in [6, 6.07) is 1.70. The Morgan fingerprint density at radius 1 is 1.47 bits per heavy atom. The summed E-state index contributed by atoms with van der Waals surface area (Å²) < 4.78 is 1.28. The third-order valence-corrected chi connectivity index (χ3v) is 2.14. The van der Waals surface area contributed by atoms with Crippen LogP contribution in [0.4, 0.5) is 5.82 Å². The van der Waals surface area contributed by atoms with Gasteiger partial charge in [-0.1, -0.05) is 20.8 Å². The molecule has 1 amide bonds. The van der Waals surface area contributed by atoms with Crippen LogP contribution in [-0.4, -0.2) is 26.8 Å². The minimum atomic E-state index is -1.000. The van der Waals surface area contributed by atoms with E-state index in [1.54, 1.807) is 6.07 Å². The van der Waals surface area contributed by atoms with Gasteiger partial charge in [-0.25, -0.2) is 4.68 Å². The molecule has 0 aromatic carbocycles. The zero-order valence-corrected chi connectivity index (χ0v) is 10.4. The number of rotatable bonds is 3. The molecular formula is C11H17N3O3. The second kappa shape index (κ2) is 4.57. The molecule has 0 spiro atoms. The summed E-state index contributed by atoms with van der Waals surface area (Å²) in [5.74, 6) is -0.845. The van der Waals surface area contributed by atoms with Crippen molar-refractivity contribution in [3.8, 4) is 0 Å². The Balaban J connectivity index is 3.11. The van der Waals surface area contributed by atoms with Crippen molar-refractivity contribution in [2.24, 2.45) is 0 Å². The Bertz CT molecular complexity index is 410. The first-order chi connectivity index (χ1) is 7.70. The van der Waals surface area contributed by atoms with Crippen molar-refractivity contribution >= 4 is 17.7 Å². The molecule has 1 aromatic rings. The van der Waals surface area contributed by atoms with Gasteiger partial charge in [0.25, 0.3) is 0 Å². The Morgan fingerprint density at radius 2 is 2.06 bits per heavy atom. The lowest BCUT2D eigenvalue weighted by Crippen LogP contribution is -2.17. The van der Waals surface area contributed by atoms with E-state index < -0.39 is 5.97 Å². The molecule has 0 aliphatic rings. The van der Waals surface area contributed by atoms with E-state index in [2.05, 4.69) is 10.4 Å². The highest BCUT2D eigenvalue weighted by Gasteiger charge is 2.21. The molecule has 0 bridgehead atoms. The molecule has 0 aliphatic heterocycles. The quantitative estimate of drug-likeness (QED) is 0.830. The summed E-state index contributed by atoms with van der Waals surface area (Å²) in [6.45, 7) is 7.01. The minimum absolute atomic E-state index is 0.197. The number of nitrogens with zero attached hydrogens (tertiary/aromatic N) is 2. The van der Waals surface area contributed by atoms with Crippen LogP contribution < -0.4 is 5.32 Å². The molecule has 17 heavy (non-hydrogen) atoms. The summed E-state index contributed by atoms with van der Waals surface area (Å²) in [4.78, 5) is 21.7. The lowest BCUT2D eigenvalue weighted by Gasteiger charge is -2.13. The number of amides is 1. The van der Waals surface area contributed by atoms with Crippen LogP contribution in [0.25, 0.3) is 0 Å². The number of hydrogen-bond donors (Lipinski definition) is 2. The summed E-state index contributed by atoms with van der Waals surface area (Å²) in [7, 11) is 0. The molecule has 0 fully saturated rings. The molecule has 94 valence electrons. The second-order valence-corrected chi connectivity index (χ2v) is 4.90. The normalized spacial score (nSPS) is 11.3. The van der Waals surface area contributed by atoms with Crippen LogP contribution in [0.15, 0.2) is 6.07 Å². The summed E-state index contributed by atoms with van der Waals surface area (Å²) in [5, 5.41) is 15.5. The minimum Gasteiger partial charge on any atom is -0.480 e. The molecule has 2 N–H and O–H groups in total. The number of anilines is 1. The molecule has 6 nitrogen and oxygen atoms in total. The molecule has 0 saturated carbocycles. The Morgan fingerprint density at radius 3 is 2.47 bits per heavy atom. The van der Waals surface area contributed by atoms with Crippen LogP contribution in [0.3, 0.4) is 0 Å². The highest BCUT2D eigenvalue weighted by atomic mass is 16.4. The van der Waals surface area contributed by atoms with E-state index in [0.29, 0.717) is 5.82 Å². The van der Waals surface area contributed by atoms with E-state index >= 15 is 0 Å². The van der Waals surface area contributed by atoms with E-state index in [4.69, 9.17) is 5.11 Å². The Kier molecular flexibility index (Phi) is 3.55. The summed E-state index contributed by atoms with van der Waals surface area (Å²) >= 11 is 0. The van der Waals surface area contributed by atoms with Crippen LogP contribution in [0, 0.1) is 0 Å². The molecule has 1 aromatic heterocycles. The highest BCUT2D eigenvalue weighted by molar-refractivity contribution is 5.88. The number of hydrogen-bond acceptors (Lipinski definition) is 3. The van der Waals surface area contributed by atoms with Crippen molar-refractivity contribution in [2.45, 2.75) is 39.7 Å². The predicted octanol–water partition coefficient (Wildman–Crippen LogP) is 1.22. The van der Waals surface area contributed by atoms with Gasteiger partial charge in [0.05, 0.1) is 5.69 Å². The van der Waals surface area contributed by atoms with Crippen molar-refractivity contribution in [3.63, 3.8) is 0 Å². The van der Waals surface area contributed by atoms with E-state index in [1.165, 1.54) is 11.6 Å². The lowest BCUT2D eigenvalue weighted by atomic mass is 9.92. The maximum atomic E-state index is 11.0. The topological polar surface area (TPSA) is 84.2 Å². The molecule has 0 radical (unpaired) electrons. The number of carboxylic acids is 1. The van der Waals surface area contributed by atoms with Crippen LogP contribution in [0.5, 0.6) is 0 Å². The van der Waals surface area contributed by atoms with Crippen LogP contribution in [0.1, 0.15) is 33.4 Å². The van der Waals surface area contributed by atoms with Crippen molar-refractivity contribution in [3.05, 3.63) is 11.8 Å². The number of aromatic nitrogens is 2. The van der Waals surface area contributed by atoms with Gasteiger partial charge in [0, 0.05) is 18.4 Å². The van der Waals surface area contributed by atoms with E-state index in [-0.39, 0.29) is 17.9 Å². The van der Waals surface area contributed by atoms with Crippen LogP contribution in [0.2, 0.25) is 0 Å². The number of aliphatic carboxylic acids is 1. The van der Waals surface area contributed by atoms with Gasteiger partial charge >= 0.3 is 5.97 Å². The number of carbonyl (C=O) groups excluding carboxylic acids is 1. The first-order valence-corrected chi connectivity index (χ1v) is 5.28. The van der Waals surface area contributed by atoms with Gasteiger partial charge in [0.2, 0.25) is 5.91 Å². The largest absolute Gasteiger partial charge is 0.480 e. The first-order valence-electron chi connectivity index (χ1n) is 5.28. The molecule has 0 aliphatic carbocycles. The highest BCUT2D eigenvalue weighted by Crippen LogP contribution is 2.23. The number of carbonyl (C=O) groups is 2. The van der Waals surface area contributed by atoms with Crippen molar-refractivity contribution < 1.29 is 14.7 Å². The van der Waals surface area contributed by atoms with Gasteiger partial charge < -0.3 is 10.4 Å². The van der Waals surface area contributed by atoms with Crippen molar-refractivity contribution in [1.82, 2.24) is 9.78 Å². The monoisotopic (exact) mass is 239 g/mol.